The lowest BCUT2D eigenvalue weighted by atomic mass is 10.1. The molecule has 2 nitrogen and oxygen atoms in total. The summed E-state index contributed by atoms with van der Waals surface area (Å²) in [5.41, 5.74) is 2.67. The van der Waals surface area contributed by atoms with Crippen LogP contribution in [0.25, 0.3) is 16.5 Å². The third-order valence-electron chi connectivity index (χ3n) is 2.38. The van der Waals surface area contributed by atoms with Gasteiger partial charge in [-0.15, -0.1) is 0 Å². The summed E-state index contributed by atoms with van der Waals surface area (Å²) >= 11 is 5.31. The van der Waals surface area contributed by atoms with Crippen molar-refractivity contribution >= 4 is 33.3 Å². The summed E-state index contributed by atoms with van der Waals surface area (Å²) in [6.07, 6.45) is 3.14. The number of aromatic nitrogens is 1. The van der Waals surface area contributed by atoms with Gasteiger partial charge >= 0.3 is 0 Å². The predicted octanol–water partition coefficient (Wildman–Crippen LogP) is 3.40. The number of carbonyl (C=O) groups excluding carboxylic acids is 1. The van der Waals surface area contributed by atoms with Crippen molar-refractivity contribution in [1.82, 2.24) is 4.98 Å². The Labute approximate surface area is 98.6 Å². The van der Waals surface area contributed by atoms with Crippen molar-refractivity contribution in [2.45, 2.75) is 6.92 Å². The lowest BCUT2D eigenvalue weighted by Crippen LogP contribution is -1.87. The zero-order valence-electron chi connectivity index (χ0n) is 8.77. The monoisotopic (exact) mass is 231 g/mol. The molecule has 0 aliphatic rings. The van der Waals surface area contributed by atoms with Crippen LogP contribution in [0.4, 0.5) is 0 Å². The quantitative estimate of drug-likeness (QED) is 0.586. The summed E-state index contributed by atoms with van der Waals surface area (Å²) in [5.74, 6) is 0. The number of rotatable bonds is 2. The molecular weight excluding hydrogens is 222 g/mol. The number of hydrogen-bond acceptors (Lipinski definition) is 2. The van der Waals surface area contributed by atoms with Crippen molar-refractivity contribution in [1.29, 1.82) is 0 Å². The van der Waals surface area contributed by atoms with Gasteiger partial charge in [0.1, 0.15) is 0 Å². The molecule has 0 saturated carbocycles. The second-order valence-corrected chi connectivity index (χ2v) is 3.92. The standard InChI is InChI=1S/C13H10ClNO/c1-9(6-13(14)16)11-7-10-4-2-3-5-12(10)15-8-11/h2-8H,1H3. The minimum atomic E-state index is -0.467. The zero-order valence-corrected chi connectivity index (χ0v) is 9.53. The van der Waals surface area contributed by atoms with Gasteiger partial charge in [-0.25, -0.2) is 0 Å². The van der Waals surface area contributed by atoms with Gasteiger partial charge < -0.3 is 0 Å². The first-order valence-corrected chi connectivity index (χ1v) is 5.27. The Morgan fingerprint density at radius 3 is 2.88 bits per heavy atom. The fraction of sp³-hybridized carbons (Fsp3) is 0.0769. The second-order valence-electron chi connectivity index (χ2n) is 3.55. The van der Waals surface area contributed by atoms with Crippen LogP contribution in [0.1, 0.15) is 12.5 Å². The third kappa shape index (κ3) is 2.28. The number of nitrogens with zero attached hydrogens (tertiary/aromatic N) is 1. The first-order valence-electron chi connectivity index (χ1n) is 4.90. The number of hydrogen-bond donors (Lipinski definition) is 0. The molecule has 0 spiro atoms. The van der Waals surface area contributed by atoms with E-state index in [1.807, 2.05) is 37.3 Å². The fourth-order valence-corrected chi connectivity index (χ4v) is 1.70. The molecule has 2 aromatic rings. The molecule has 0 aliphatic heterocycles. The fourth-order valence-electron chi connectivity index (χ4n) is 1.54. The van der Waals surface area contributed by atoms with Crippen LogP contribution in [0, 0.1) is 0 Å². The van der Waals surface area contributed by atoms with Crippen molar-refractivity contribution in [3.63, 3.8) is 0 Å². The highest BCUT2D eigenvalue weighted by molar-refractivity contribution is 6.67. The van der Waals surface area contributed by atoms with E-state index >= 15 is 0 Å². The van der Waals surface area contributed by atoms with Crippen molar-refractivity contribution < 1.29 is 4.79 Å². The van der Waals surface area contributed by atoms with Gasteiger partial charge in [-0.2, -0.15) is 0 Å². The number of allylic oxidation sites excluding steroid dienone is 2. The number of halogens is 1. The summed E-state index contributed by atoms with van der Waals surface area (Å²) < 4.78 is 0. The molecule has 16 heavy (non-hydrogen) atoms. The SMILES string of the molecule is CC(=CC(=O)Cl)c1cnc2ccccc2c1. The van der Waals surface area contributed by atoms with Crippen LogP contribution in [-0.2, 0) is 4.79 Å². The minimum Gasteiger partial charge on any atom is -0.276 e. The Hall–Kier alpha value is -1.67. The molecule has 1 aromatic heterocycles. The highest BCUT2D eigenvalue weighted by Gasteiger charge is 2.00. The van der Waals surface area contributed by atoms with Crippen LogP contribution >= 0.6 is 11.6 Å². The number of benzene rings is 1. The van der Waals surface area contributed by atoms with Crippen LogP contribution in [0.2, 0.25) is 0 Å². The molecule has 0 fully saturated rings. The molecule has 0 unspecified atom stereocenters. The summed E-state index contributed by atoms with van der Waals surface area (Å²) in [6, 6.07) is 9.83. The van der Waals surface area contributed by atoms with Crippen LogP contribution in [0.3, 0.4) is 0 Å². The van der Waals surface area contributed by atoms with Crippen molar-refractivity contribution in [3.8, 4) is 0 Å². The maximum Gasteiger partial charge on any atom is 0.245 e. The first kappa shape index (κ1) is 10.8. The molecule has 0 radical (unpaired) electrons. The lowest BCUT2D eigenvalue weighted by molar-refractivity contribution is -0.107. The number of fused-ring (bicyclic) bond motifs is 1. The van der Waals surface area contributed by atoms with E-state index in [2.05, 4.69) is 4.98 Å². The van der Waals surface area contributed by atoms with E-state index in [1.54, 1.807) is 6.20 Å². The minimum absolute atomic E-state index is 0.467. The molecule has 3 heteroatoms. The van der Waals surface area contributed by atoms with E-state index in [9.17, 15) is 4.79 Å². The van der Waals surface area contributed by atoms with E-state index in [1.165, 1.54) is 6.08 Å². The molecule has 0 bridgehead atoms. The highest BCUT2D eigenvalue weighted by atomic mass is 35.5. The normalized spacial score (nSPS) is 11.8. The molecule has 0 N–H and O–H groups in total. The smallest absolute Gasteiger partial charge is 0.245 e. The number of pyridine rings is 1. The molecule has 0 amide bonds. The maximum atomic E-state index is 10.8. The Bertz CT molecular complexity index is 575. The summed E-state index contributed by atoms with van der Waals surface area (Å²) in [7, 11) is 0. The average molecular weight is 232 g/mol. The van der Waals surface area contributed by atoms with Gasteiger partial charge in [0.05, 0.1) is 5.52 Å². The van der Waals surface area contributed by atoms with Gasteiger partial charge in [0.2, 0.25) is 5.24 Å². The van der Waals surface area contributed by atoms with Crippen LogP contribution in [0.5, 0.6) is 0 Å². The van der Waals surface area contributed by atoms with Crippen molar-refractivity contribution in [3.05, 3.63) is 48.2 Å². The average Bonchev–Trinajstić information content (AvgIpc) is 2.27. The van der Waals surface area contributed by atoms with Crippen LogP contribution < -0.4 is 0 Å². The van der Waals surface area contributed by atoms with Gasteiger partial charge in [-0.05, 0) is 41.8 Å². The molecule has 2 rings (SSSR count). The molecule has 80 valence electrons. The summed E-state index contributed by atoms with van der Waals surface area (Å²) in [4.78, 5) is 15.1. The molecule has 1 aromatic carbocycles. The van der Waals surface area contributed by atoms with Gasteiger partial charge in [0.15, 0.2) is 0 Å². The van der Waals surface area contributed by atoms with Gasteiger partial charge in [-0.3, -0.25) is 9.78 Å². The molecule has 0 aliphatic carbocycles. The molecular formula is C13H10ClNO. The summed E-state index contributed by atoms with van der Waals surface area (Å²) in [5, 5.41) is 0.584. The molecule has 1 heterocycles. The zero-order chi connectivity index (χ0) is 11.5. The third-order valence-corrected chi connectivity index (χ3v) is 2.48. The predicted molar refractivity (Wildman–Crippen MR) is 66.3 cm³/mol. The van der Waals surface area contributed by atoms with Gasteiger partial charge in [-0.1, -0.05) is 18.2 Å². The van der Waals surface area contributed by atoms with Crippen molar-refractivity contribution in [2.75, 3.05) is 0 Å². The Morgan fingerprint density at radius 1 is 1.38 bits per heavy atom. The number of para-hydroxylation sites is 1. The molecule has 0 atom stereocenters. The Kier molecular flexibility index (Phi) is 3.02. The van der Waals surface area contributed by atoms with Gasteiger partial charge in [0.25, 0.3) is 0 Å². The summed E-state index contributed by atoms with van der Waals surface area (Å²) in [6.45, 7) is 1.84. The first-order chi connectivity index (χ1) is 7.66. The topological polar surface area (TPSA) is 30.0 Å². The maximum absolute atomic E-state index is 10.8. The number of carbonyl (C=O) groups is 1. The van der Waals surface area contributed by atoms with E-state index < -0.39 is 5.24 Å². The molecule has 0 saturated heterocycles. The van der Waals surface area contributed by atoms with E-state index in [0.717, 1.165) is 22.0 Å². The van der Waals surface area contributed by atoms with E-state index in [0.29, 0.717) is 0 Å². The van der Waals surface area contributed by atoms with Crippen LogP contribution in [0.15, 0.2) is 42.6 Å². The van der Waals surface area contributed by atoms with E-state index in [-0.39, 0.29) is 0 Å². The second kappa shape index (κ2) is 4.45. The van der Waals surface area contributed by atoms with Crippen molar-refractivity contribution in [2.24, 2.45) is 0 Å². The largest absolute Gasteiger partial charge is 0.276 e. The highest BCUT2D eigenvalue weighted by Crippen LogP contribution is 2.18. The van der Waals surface area contributed by atoms with Gasteiger partial charge in [0, 0.05) is 17.7 Å². The van der Waals surface area contributed by atoms with E-state index in [4.69, 9.17) is 11.6 Å². The van der Waals surface area contributed by atoms with Crippen LogP contribution in [-0.4, -0.2) is 10.2 Å². The Balaban J connectivity index is 2.51. The Morgan fingerprint density at radius 2 is 2.12 bits per heavy atom. The lowest BCUT2D eigenvalue weighted by Gasteiger charge is -2.02.